The van der Waals surface area contributed by atoms with E-state index in [9.17, 15) is 13.2 Å². The summed E-state index contributed by atoms with van der Waals surface area (Å²) in [5.74, 6) is -0.289. The molecule has 1 aliphatic rings. The van der Waals surface area contributed by atoms with Crippen molar-refractivity contribution in [1.82, 2.24) is 5.32 Å². The normalized spacial score (nSPS) is 22.6. The van der Waals surface area contributed by atoms with E-state index in [1.807, 2.05) is 0 Å². The van der Waals surface area contributed by atoms with Crippen molar-refractivity contribution >= 4 is 5.96 Å². The van der Waals surface area contributed by atoms with E-state index in [1.54, 1.807) is 0 Å². The zero-order valence-electron chi connectivity index (χ0n) is 9.61. The van der Waals surface area contributed by atoms with E-state index in [0.29, 0.717) is 5.56 Å². The third kappa shape index (κ3) is 3.16. The van der Waals surface area contributed by atoms with Crippen LogP contribution >= 0.6 is 0 Å². The average Bonchev–Trinajstić information content (AvgIpc) is 2.26. The van der Waals surface area contributed by atoms with E-state index in [2.05, 4.69) is 15.0 Å². The molecule has 0 bridgehead atoms. The average molecular weight is 272 g/mol. The second kappa shape index (κ2) is 4.47. The van der Waals surface area contributed by atoms with E-state index in [0.717, 1.165) is 0 Å². The molecule has 0 aliphatic carbocycles. The predicted octanol–water partition coefficient (Wildman–Crippen LogP) is 1.13. The van der Waals surface area contributed by atoms with Crippen molar-refractivity contribution in [3.05, 3.63) is 42.1 Å². The van der Waals surface area contributed by atoms with Gasteiger partial charge in [-0.1, -0.05) is 12.1 Å². The van der Waals surface area contributed by atoms with E-state index >= 15 is 0 Å². The molecule has 2 rings (SSSR count). The fourth-order valence-electron chi connectivity index (χ4n) is 1.63. The highest BCUT2D eigenvalue weighted by atomic mass is 19.4. The molecule has 0 saturated carbocycles. The molecule has 5 nitrogen and oxygen atoms in total. The highest BCUT2D eigenvalue weighted by Gasteiger charge is 2.32. The number of nitrogens with two attached hydrogens (primary N) is 2. The first kappa shape index (κ1) is 13.2. The molecule has 5 N–H and O–H groups in total. The quantitative estimate of drug-likeness (QED) is 0.753. The van der Waals surface area contributed by atoms with Crippen LogP contribution in [-0.2, 0) is 5.66 Å². The number of nitrogens with zero attached hydrogens (tertiary/aromatic N) is 1. The third-order valence-electron chi connectivity index (χ3n) is 2.40. The smallest absolute Gasteiger partial charge is 0.406 e. The van der Waals surface area contributed by atoms with Gasteiger partial charge in [0.1, 0.15) is 5.75 Å². The van der Waals surface area contributed by atoms with Gasteiger partial charge in [0.15, 0.2) is 11.6 Å². The lowest BCUT2D eigenvalue weighted by atomic mass is 10.00. The maximum absolute atomic E-state index is 12.1. The predicted molar refractivity (Wildman–Crippen MR) is 62.9 cm³/mol. The number of aliphatic imine (C=N–C) groups is 1. The molecule has 1 heterocycles. The van der Waals surface area contributed by atoms with Crippen LogP contribution < -0.4 is 21.5 Å². The minimum absolute atomic E-state index is 0.0761. The molecule has 1 atom stereocenters. The number of ether oxygens (including phenoxy) is 1. The molecular weight excluding hydrogens is 261 g/mol. The summed E-state index contributed by atoms with van der Waals surface area (Å²) in [7, 11) is 0. The zero-order valence-corrected chi connectivity index (χ0v) is 9.61. The summed E-state index contributed by atoms with van der Waals surface area (Å²) in [4.78, 5) is 3.96. The second-order valence-corrected chi connectivity index (χ2v) is 3.88. The first-order valence-corrected chi connectivity index (χ1v) is 5.23. The Balaban J connectivity index is 2.33. The molecule has 1 aromatic rings. The van der Waals surface area contributed by atoms with Crippen molar-refractivity contribution < 1.29 is 17.9 Å². The SMILES string of the molecule is NC1=NC(N)(c2cccc(OC(F)(F)F)c2)C=CN1. The van der Waals surface area contributed by atoms with Gasteiger partial charge in [0.05, 0.1) is 0 Å². The van der Waals surface area contributed by atoms with Crippen LogP contribution in [0.2, 0.25) is 0 Å². The summed E-state index contributed by atoms with van der Waals surface area (Å²) in [5.41, 5.74) is 10.5. The van der Waals surface area contributed by atoms with Crippen molar-refractivity contribution in [2.45, 2.75) is 12.0 Å². The molecule has 8 heteroatoms. The van der Waals surface area contributed by atoms with Crippen LogP contribution in [0.3, 0.4) is 0 Å². The number of alkyl halides is 3. The van der Waals surface area contributed by atoms with Gasteiger partial charge >= 0.3 is 6.36 Å². The Kier molecular flexibility index (Phi) is 3.11. The van der Waals surface area contributed by atoms with E-state index < -0.39 is 12.0 Å². The molecular formula is C11H11F3N4O. The van der Waals surface area contributed by atoms with Crippen molar-refractivity contribution in [2.75, 3.05) is 0 Å². The lowest BCUT2D eigenvalue weighted by Crippen LogP contribution is -2.42. The molecule has 1 unspecified atom stereocenters. The maximum Gasteiger partial charge on any atom is 0.573 e. The number of benzene rings is 1. The van der Waals surface area contributed by atoms with Crippen LogP contribution in [0.4, 0.5) is 13.2 Å². The topological polar surface area (TPSA) is 85.7 Å². The van der Waals surface area contributed by atoms with Gasteiger partial charge in [0.25, 0.3) is 0 Å². The number of guanidine groups is 1. The molecule has 0 saturated heterocycles. The second-order valence-electron chi connectivity index (χ2n) is 3.88. The summed E-state index contributed by atoms with van der Waals surface area (Å²) in [6, 6.07) is 5.28. The van der Waals surface area contributed by atoms with Crippen molar-refractivity contribution in [3.63, 3.8) is 0 Å². The van der Waals surface area contributed by atoms with Crippen molar-refractivity contribution in [2.24, 2.45) is 16.5 Å². The molecule has 0 aromatic heterocycles. The zero-order chi connectivity index (χ0) is 14.1. The highest BCUT2D eigenvalue weighted by molar-refractivity contribution is 5.80. The summed E-state index contributed by atoms with van der Waals surface area (Å²) in [6.45, 7) is 0. The first-order valence-electron chi connectivity index (χ1n) is 5.23. The number of hydrogen-bond acceptors (Lipinski definition) is 5. The number of nitrogens with one attached hydrogen (secondary N) is 1. The Bertz CT molecular complexity index is 541. The first-order chi connectivity index (χ1) is 8.78. The Labute approximate surface area is 106 Å². The van der Waals surface area contributed by atoms with Crippen molar-refractivity contribution in [3.8, 4) is 5.75 Å². The minimum atomic E-state index is -4.76. The summed E-state index contributed by atoms with van der Waals surface area (Å²) in [5, 5.41) is 2.62. The largest absolute Gasteiger partial charge is 0.573 e. The molecule has 1 aromatic carbocycles. The van der Waals surface area contributed by atoms with Gasteiger partial charge in [0.2, 0.25) is 0 Å². The monoisotopic (exact) mass is 272 g/mol. The van der Waals surface area contributed by atoms with Gasteiger partial charge in [-0.05, 0) is 18.2 Å². The lowest BCUT2D eigenvalue weighted by Gasteiger charge is -2.26. The van der Waals surface area contributed by atoms with Crippen LogP contribution in [0.25, 0.3) is 0 Å². The molecule has 1 aliphatic heterocycles. The standard InChI is InChI=1S/C11H11F3N4O/c12-11(13,14)19-8-3-1-2-7(6-8)10(16)4-5-17-9(15)18-10/h1-6H,16H2,(H3,15,17,18). The summed E-state index contributed by atoms with van der Waals surface area (Å²) in [6.07, 6.45) is -1.80. The molecule has 0 fully saturated rings. The van der Waals surface area contributed by atoms with Crippen LogP contribution in [0.1, 0.15) is 5.56 Å². The maximum atomic E-state index is 12.1. The highest BCUT2D eigenvalue weighted by Crippen LogP contribution is 2.29. The molecule has 102 valence electrons. The Morgan fingerprint density at radius 1 is 1.32 bits per heavy atom. The number of halogens is 3. The van der Waals surface area contributed by atoms with E-state index in [1.165, 1.54) is 36.5 Å². The van der Waals surface area contributed by atoms with Gasteiger partial charge in [-0.2, -0.15) is 0 Å². The van der Waals surface area contributed by atoms with Crippen LogP contribution in [0, 0.1) is 0 Å². The van der Waals surface area contributed by atoms with Crippen LogP contribution in [0.15, 0.2) is 41.5 Å². The van der Waals surface area contributed by atoms with E-state index in [4.69, 9.17) is 11.5 Å². The summed E-state index contributed by atoms with van der Waals surface area (Å²) >= 11 is 0. The third-order valence-corrected chi connectivity index (χ3v) is 2.40. The van der Waals surface area contributed by atoms with Crippen LogP contribution in [-0.4, -0.2) is 12.3 Å². The lowest BCUT2D eigenvalue weighted by molar-refractivity contribution is -0.274. The minimum Gasteiger partial charge on any atom is -0.406 e. The fraction of sp³-hybridized carbons (Fsp3) is 0.182. The van der Waals surface area contributed by atoms with Crippen LogP contribution in [0.5, 0.6) is 5.75 Å². The van der Waals surface area contributed by atoms with E-state index in [-0.39, 0.29) is 11.7 Å². The molecule has 19 heavy (non-hydrogen) atoms. The Hall–Kier alpha value is -2.22. The Morgan fingerprint density at radius 2 is 2.05 bits per heavy atom. The Morgan fingerprint density at radius 3 is 2.68 bits per heavy atom. The molecule has 0 amide bonds. The molecule has 0 radical (unpaired) electrons. The number of hydrogen-bond donors (Lipinski definition) is 3. The number of rotatable bonds is 2. The van der Waals surface area contributed by atoms with Gasteiger partial charge < -0.3 is 15.8 Å². The van der Waals surface area contributed by atoms with Gasteiger partial charge in [-0.15, -0.1) is 13.2 Å². The molecule has 0 spiro atoms. The van der Waals surface area contributed by atoms with Crippen molar-refractivity contribution in [1.29, 1.82) is 0 Å². The van der Waals surface area contributed by atoms with Gasteiger partial charge in [-0.3, -0.25) is 5.73 Å². The summed E-state index contributed by atoms with van der Waals surface area (Å²) < 4.78 is 40.3. The fourth-order valence-corrected chi connectivity index (χ4v) is 1.63. The van der Waals surface area contributed by atoms with Gasteiger partial charge in [0, 0.05) is 11.8 Å². The van der Waals surface area contributed by atoms with Gasteiger partial charge in [-0.25, -0.2) is 4.99 Å².